The maximum atomic E-state index is 12.2. The summed E-state index contributed by atoms with van der Waals surface area (Å²) in [4.78, 5) is 13.9. The van der Waals surface area contributed by atoms with Crippen LogP contribution in [-0.4, -0.2) is 49.8 Å². The van der Waals surface area contributed by atoms with Gasteiger partial charge in [-0.05, 0) is 5.92 Å². The predicted octanol–water partition coefficient (Wildman–Crippen LogP) is 0.800. The second-order valence-corrected chi connectivity index (χ2v) is 4.52. The van der Waals surface area contributed by atoms with Crippen molar-refractivity contribution in [2.75, 3.05) is 32.9 Å². The van der Waals surface area contributed by atoms with Gasteiger partial charge in [0, 0.05) is 13.1 Å². The van der Waals surface area contributed by atoms with Crippen molar-refractivity contribution < 1.29 is 14.3 Å². The fourth-order valence-corrected chi connectivity index (χ4v) is 1.75. The molecule has 0 aromatic heterocycles. The Hall–Kier alpha value is -1.12. The fourth-order valence-electron chi connectivity index (χ4n) is 1.75. The average Bonchev–Trinajstić information content (AvgIpc) is 2.34. The van der Waals surface area contributed by atoms with Crippen molar-refractivity contribution >= 4 is 5.91 Å². The van der Waals surface area contributed by atoms with Crippen molar-refractivity contribution in [2.45, 2.75) is 26.4 Å². The smallest absolute Gasteiger partial charge is 0.254 e. The Kier molecular flexibility index (Phi) is 5.95. The van der Waals surface area contributed by atoms with E-state index in [9.17, 15) is 4.79 Å². The second kappa shape index (κ2) is 7.25. The molecule has 1 aliphatic heterocycles. The number of carbonyl (C=O) groups excluding carboxylic acids is 1. The molecule has 0 aromatic carbocycles. The van der Waals surface area contributed by atoms with E-state index in [2.05, 4.69) is 6.07 Å². The van der Waals surface area contributed by atoms with Gasteiger partial charge in [-0.15, -0.1) is 0 Å². The van der Waals surface area contributed by atoms with Crippen LogP contribution in [0.3, 0.4) is 0 Å². The molecule has 0 N–H and O–H groups in total. The molecule has 1 saturated heterocycles. The van der Waals surface area contributed by atoms with Crippen molar-refractivity contribution in [1.82, 2.24) is 4.90 Å². The van der Waals surface area contributed by atoms with Crippen molar-refractivity contribution in [2.24, 2.45) is 5.92 Å². The molecule has 96 valence electrons. The summed E-state index contributed by atoms with van der Waals surface area (Å²) in [5, 5.41) is 8.60. The van der Waals surface area contributed by atoms with Crippen LogP contribution in [0.2, 0.25) is 0 Å². The molecule has 1 fully saturated rings. The number of nitrogens with zero attached hydrogens (tertiary/aromatic N) is 2. The Morgan fingerprint density at radius 1 is 1.53 bits per heavy atom. The first-order valence-corrected chi connectivity index (χ1v) is 6.00. The molecule has 0 spiro atoms. The van der Waals surface area contributed by atoms with Crippen LogP contribution in [0.25, 0.3) is 0 Å². The number of nitriles is 1. The van der Waals surface area contributed by atoms with E-state index in [-0.39, 0.29) is 5.91 Å². The number of hydrogen-bond acceptors (Lipinski definition) is 4. The summed E-state index contributed by atoms with van der Waals surface area (Å²) in [5.41, 5.74) is 0. The second-order valence-electron chi connectivity index (χ2n) is 4.52. The topological polar surface area (TPSA) is 62.6 Å². The van der Waals surface area contributed by atoms with Crippen LogP contribution in [-0.2, 0) is 14.3 Å². The monoisotopic (exact) mass is 240 g/mol. The number of hydrogen-bond donors (Lipinski definition) is 0. The molecular formula is C12H20N2O3. The minimum absolute atomic E-state index is 0.0614. The highest BCUT2D eigenvalue weighted by Crippen LogP contribution is 2.08. The molecule has 0 aromatic rings. The predicted molar refractivity (Wildman–Crippen MR) is 62.2 cm³/mol. The highest BCUT2D eigenvalue weighted by molar-refractivity contribution is 5.81. The zero-order valence-corrected chi connectivity index (χ0v) is 10.5. The molecular weight excluding hydrogens is 220 g/mol. The third kappa shape index (κ3) is 4.72. The molecule has 1 amide bonds. The highest BCUT2D eigenvalue weighted by atomic mass is 16.6. The van der Waals surface area contributed by atoms with Crippen molar-refractivity contribution in [3.63, 3.8) is 0 Å². The number of carbonyl (C=O) groups is 1. The zero-order chi connectivity index (χ0) is 12.7. The quantitative estimate of drug-likeness (QED) is 0.713. The van der Waals surface area contributed by atoms with Crippen molar-refractivity contribution in [1.29, 1.82) is 5.26 Å². The van der Waals surface area contributed by atoms with Crippen LogP contribution < -0.4 is 0 Å². The summed E-state index contributed by atoms with van der Waals surface area (Å²) in [6.45, 7) is 6.54. The van der Waals surface area contributed by atoms with E-state index >= 15 is 0 Å². The fraction of sp³-hybridized carbons (Fsp3) is 0.833. The van der Waals surface area contributed by atoms with Gasteiger partial charge in [-0.3, -0.25) is 4.79 Å². The molecule has 1 rings (SSSR count). The van der Waals surface area contributed by atoms with Gasteiger partial charge < -0.3 is 14.4 Å². The van der Waals surface area contributed by atoms with Gasteiger partial charge in [0.25, 0.3) is 5.91 Å². The number of ether oxygens (including phenoxy) is 2. The largest absolute Gasteiger partial charge is 0.376 e. The lowest BCUT2D eigenvalue weighted by Crippen LogP contribution is -2.46. The first-order valence-electron chi connectivity index (χ1n) is 6.00. The van der Waals surface area contributed by atoms with Crippen molar-refractivity contribution in [3.05, 3.63) is 0 Å². The lowest BCUT2D eigenvalue weighted by Gasteiger charge is -2.30. The standard InChI is InChI=1S/C12H20N2O3/c1-10(2)8-14(5-3-4-13)12(15)11-9-16-6-7-17-11/h10-11H,3,5-9H2,1-2H3. The molecule has 1 heterocycles. The van der Waals surface area contributed by atoms with E-state index in [4.69, 9.17) is 14.7 Å². The third-order valence-corrected chi connectivity index (χ3v) is 2.48. The van der Waals surface area contributed by atoms with Gasteiger partial charge in [0.1, 0.15) is 0 Å². The van der Waals surface area contributed by atoms with Crippen LogP contribution in [0.4, 0.5) is 0 Å². The molecule has 0 bridgehead atoms. The Bertz CT molecular complexity index is 280. The third-order valence-electron chi connectivity index (χ3n) is 2.48. The van der Waals surface area contributed by atoms with E-state index in [1.54, 1.807) is 4.90 Å². The molecule has 0 saturated carbocycles. The maximum Gasteiger partial charge on any atom is 0.254 e. The van der Waals surface area contributed by atoms with E-state index in [0.717, 1.165) is 0 Å². The van der Waals surface area contributed by atoms with Gasteiger partial charge >= 0.3 is 0 Å². The van der Waals surface area contributed by atoms with E-state index in [1.807, 2.05) is 13.8 Å². The average molecular weight is 240 g/mol. The summed E-state index contributed by atoms with van der Waals surface area (Å²) in [7, 11) is 0. The Morgan fingerprint density at radius 3 is 2.82 bits per heavy atom. The van der Waals surface area contributed by atoms with Crippen LogP contribution >= 0.6 is 0 Å². The van der Waals surface area contributed by atoms with Gasteiger partial charge in [-0.1, -0.05) is 13.8 Å². The zero-order valence-electron chi connectivity index (χ0n) is 10.5. The van der Waals surface area contributed by atoms with Crippen LogP contribution in [0.15, 0.2) is 0 Å². The molecule has 1 aliphatic rings. The summed E-state index contributed by atoms with van der Waals surface area (Å²) < 4.78 is 10.6. The van der Waals surface area contributed by atoms with Gasteiger partial charge in [-0.2, -0.15) is 5.26 Å². The highest BCUT2D eigenvalue weighted by Gasteiger charge is 2.27. The minimum Gasteiger partial charge on any atom is -0.376 e. The molecule has 5 heteroatoms. The van der Waals surface area contributed by atoms with Crippen LogP contribution in [0.5, 0.6) is 0 Å². The van der Waals surface area contributed by atoms with Gasteiger partial charge in [0.05, 0.1) is 32.3 Å². The first-order chi connectivity index (χ1) is 8.15. The molecule has 1 atom stereocenters. The first kappa shape index (κ1) is 13.9. The Morgan fingerprint density at radius 2 is 2.29 bits per heavy atom. The molecule has 0 radical (unpaired) electrons. The minimum atomic E-state index is -0.499. The van der Waals surface area contributed by atoms with Gasteiger partial charge in [-0.25, -0.2) is 0 Å². The lowest BCUT2D eigenvalue weighted by atomic mass is 10.2. The number of amides is 1. The van der Waals surface area contributed by atoms with Crippen LogP contribution in [0.1, 0.15) is 20.3 Å². The van der Waals surface area contributed by atoms with E-state index < -0.39 is 6.10 Å². The molecule has 0 aliphatic carbocycles. The Labute approximate surface area is 102 Å². The van der Waals surface area contributed by atoms with Crippen LogP contribution in [0, 0.1) is 17.2 Å². The summed E-state index contributed by atoms with van der Waals surface area (Å²) in [6.07, 6.45) is -0.146. The Balaban J connectivity index is 2.54. The summed E-state index contributed by atoms with van der Waals surface area (Å²) in [5.74, 6) is 0.316. The molecule has 17 heavy (non-hydrogen) atoms. The summed E-state index contributed by atoms with van der Waals surface area (Å²) >= 11 is 0. The summed E-state index contributed by atoms with van der Waals surface area (Å²) in [6, 6.07) is 2.06. The van der Waals surface area contributed by atoms with E-state index in [1.165, 1.54) is 0 Å². The van der Waals surface area contributed by atoms with Gasteiger partial charge in [0.15, 0.2) is 6.10 Å². The maximum absolute atomic E-state index is 12.2. The lowest BCUT2D eigenvalue weighted by molar-refractivity contribution is -0.158. The number of rotatable bonds is 5. The van der Waals surface area contributed by atoms with Crippen molar-refractivity contribution in [3.8, 4) is 6.07 Å². The molecule has 5 nitrogen and oxygen atoms in total. The normalized spacial score (nSPS) is 20.0. The SMILES string of the molecule is CC(C)CN(CCC#N)C(=O)C1COCCO1. The van der Waals surface area contributed by atoms with Gasteiger partial charge in [0.2, 0.25) is 0 Å². The molecule has 1 unspecified atom stereocenters. The van der Waals surface area contributed by atoms with E-state index in [0.29, 0.717) is 45.2 Å².